The molecule has 1 rings (SSSR count). The molecule has 1 aromatic carbocycles. The van der Waals surface area contributed by atoms with Gasteiger partial charge in [-0.2, -0.15) is 0 Å². The van der Waals surface area contributed by atoms with Crippen molar-refractivity contribution in [2.75, 3.05) is 19.4 Å². The minimum atomic E-state index is -0.513. The molecule has 0 aromatic heterocycles. The first kappa shape index (κ1) is 13.4. The van der Waals surface area contributed by atoms with E-state index >= 15 is 0 Å². The van der Waals surface area contributed by atoms with E-state index in [0.29, 0.717) is 23.6 Å². The highest BCUT2D eigenvalue weighted by Crippen LogP contribution is 2.23. The number of hydrogen-bond acceptors (Lipinski definition) is 4. The summed E-state index contributed by atoms with van der Waals surface area (Å²) < 4.78 is 4.61. The monoisotopic (exact) mass is 252 g/mol. The normalized spacial score (nSPS) is 9.35. The predicted octanol–water partition coefficient (Wildman–Crippen LogP) is 1.41. The molecule has 0 unspecified atom stereocenters. The fraction of sp³-hybridized carbons (Fsp3) is 0.250. The zero-order valence-corrected chi connectivity index (χ0v) is 10.2. The summed E-state index contributed by atoms with van der Waals surface area (Å²) in [5.74, 6) is 5.17. The number of ether oxygens (including phenoxy) is 1. The Morgan fingerprint density at radius 2 is 2.24 bits per heavy atom. The summed E-state index contributed by atoms with van der Waals surface area (Å²) in [6.45, 7) is 0.476. The Kier molecular flexibility index (Phi) is 4.83. The smallest absolute Gasteiger partial charge is 0.340 e. The first-order valence-electron chi connectivity index (χ1n) is 4.96. The third kappa shape index (κ3) is 3.38. The van der Waals surface area contributed by atoms with Crippen molar-refractivity contribution in [3.05, 3.63) is 28.3 Å². The van der Waals surface area contributed by atoms with Gasteiger partial charge in [0.1, 0.15) is 0 Å². The second-order valence-corrected chi connectivity index (χ2v) is 3.66. The zero-order chi connectivity index (χ0) is 12.8. The Balaban J connectivity index is 3.16. The van der Waals surface area contributed by atoms with E-state index in [9.17, 15) is 4.79 Å². The van der Waals surface area contributed by atoms with Crippen LogP contribution in [-0.4, -0.2) is 19.6 Å². The van der Waals surface area contributed by atoms with E-state index < -0.39 is 5.97 Å². The fourth-order valence-corrected chi connectivity index (χ4v) is 1.42. The Hall–Kier alpha value is -1.70. The van der Waals surface area contributed by atoms with Gasteiger partial charge in [-0.25, -0.2) is 4.79 Å². The van der Waals surface area contributed by atoms with E-state index in [2.05, 4.69) is 16.6 Å². The second-order valence-electron chi connectivity index (χ2n) is 3.25. The third-order valence-corrected chi connectivity index (χ3v) is 2.35. The van der Waals surface area contributed by atoms with Crippen molar-refractivity contribution >= 4 is 23.3 Å². The van der Waals surface area contributed by atoms with Crippen LogP contribution in [0.1, 0.15) is 22.3 Å². The Morgan fingerprint density at radius 1 is 1.53 bits per heavy atom. The lowest BCUT2D eigenvalue weighted by Crippen LogP contribution is -2.06. The molecule has 0 atom stereocenters. The van der Waals surface area contributed by atoms with Crippen molar-refractivity contribution in [3.63, 3.8) is 0 Å². The average Bonchev–Trinajstić information content (AvgIpc) is 2.31. The van der Waals surface area contributed by atoms with Crippen LogP contribution in [0.25, 0.3) is 0 Å². The van der Waals surface area contributed by atoms with Crippen LogP contribution in [0.5, 0.6) is 0 Å². The van der Waals surface area contributed by atoms with Gasteiger partial charge in [0.25, 0.3) is 0 Å². The maximum absolute atomic E-state index is 11.4. The van der Waals surface area contributed by atoms with Gasteiger partial charge in [0.05, 0.1) is 17.7 Å². The lowest BCUT2D eigenvalue weighted by atomic mass is 10.1. The molecule has 0 aliphatic rings. The number of esters is 1. The Morgan fingerprint density at radius 3 is 2.82 bits per heavy atom. The summed E-state index contributed by atoms with van der Waals surface area (Å²) in [4.78, 5) is 11.4. The number of carbonyl (C=O) groups is 1. The highest BCUT2D eigenvalue weighted by Gasteiger charge is 2.12. The SMILES string of the molecule is COC(=O)c1cc(C#CCCN)c(Cl)cc1N. The molecule has 4 nitrogen and oxygen atoms in total. The van der Waals surface area contributed by atoms with Crippen LogP contribution in [0, 0.1) is 11.8 Å². The second kappa shape index (κ2) is 6.14. The molecule has 5 heteroatoms. The van der Waals surface area contributed by atoms with Crippen LogP contribution < -0.4 is 11.5 Å². The van der Waals surface area contributed by atoms with E-state index in [4.69, 9.17) is 23.1 Å². The average molecular weight is 253 g/mol. The van der Waals surface area contributed by atoms with E-state index in [1.807, 2.05) is 0 Å². The molecular weight excluding hydrogens is 240 g/mol. The molecule has 0 spiro atoms. The van der Waals surface area contributed by atoms with Gasteiger partial charge in [0.15, 0.2) is 0 Å². The maximum Gasteiger partial charge on any atom is 0.340 e. The van der Waals surface area contributed by atoms with Crippen molar-refractivity contribution in [1.29, 1.82) is 0 Å². The minimum absolute atomic E-state index is 0.258. The summed E-state index contributed by atoms with van der Waals surface area (Å²) in [5, 5.41) is 0.402. The van der Waals surface area contributed by atoms with Gasteiger partial charge < -0.3 is 16.2 Å². The molecule has 0 saturated carbocycles. The van der Waals surface area contributed by atoms with Crippen molar-refractivity contribution in [2.24, 2.45) is 5.73 Å². The molecule has 90 valence electrons. The Labute approximate surface area is 105 Å². The lowest BCUT2D eigenvalue weighted by Gasteiger charge is -2.05. The number of rotatable bonds is 2. The van der Waals surface area contributed by atoms with Crippen LogP contribution in [0.15, 0.2) is 12.1 Å². The highest BCUT2D eigenvalue weighted by molar-refractivity contribution is 6.32. The van der Waals surface area contributed by atoms with Crippen LogP contribution >= 0.6 is 11.6 Å². The van der Waals surface area contributed by atoms with Crippen LogP contribution in [0.4, 0.5) is 5.69 Å². The van der Waals surface area contributed by atoms with Crippen molar-refractivity contribution in [1.82, 2.24) is 0 Å². The number of carbonyl (C=O) groups excluding carboxylic acids is 1. The molecule has 0 amide bonds. The highest BCUT2D eigenvalue weighted by atomic mass is 35.5. The molecule has 4 N–H and O–H groups in total. The molecule has 17 heavy (non-hydrogen) atoms. The number of benzene rings is 1. The molecule has 0 saturated heterocycles. The number of halogens is 1. The van der Waals surface area contributed by atoms with E-state index in [1.54, 1.807) is 0 Å². The van der Waals surface area contributed by atoms with Crippen molar-refractivity contribution in [2.45, 2.75) is 6.42 Å². The standard InChI is InChI=1S/C12H13ClN2O2/c1-17-12(16)9-6-8(4-2-3-5-14)10(13)7-11(9)15/h6-7H,3,5,14-15H2,1H3. The molecule has 1 aromatic rings. The number of hydrogen-bond donors (Lipinski definition) is 2. The summed E-state index contributed by atoms with van der Waals surface area (Å²) in [6, 6.07) is 3.01. The molecule has 0 aliphatic heterocycles. The number of nitrogens with two attached hydrogens (primary N) is 2. The Bertz CT molecular complexity index is 489. The summed E-state index contributed by atoms with van der Waals surface area (Å²) in [5.41, 5.74) is 12.1. The summed E-state index contributed by atoms with van der Waals surface area (Å²) in [7, 11) is 1.29. The van der Waals surface area contributed by atoms with Gasteiger partial charge in [-0.3, -0.25) is 0 Å². The van der Waals surface area contributed by atoms with Crippen LogP contribution in [-0.2, 0) is 4.74 Å². The molecule has 0 aliphatic carbocycles. The number of anilines is 1. The first-order chi connectivity index (χ1) is 8.10. The van der Waals surface area contributed by atoms with Gasteiger partial charge in [0.2, 0.25) is 0 Å². The van der Waals surface area contributed by atoms with Crippen LogP contribution in [0.2, 0.25) is 5.02 Å². The molecule has 0 fully saturated rings. The van der Waals surface area contributed by atoms with E-state index in [0.717, 1.165) is 0 Å². The number of nitrogen functional groups attached to an aromatic ring is 1. The van der Waals surface area contributed by atoms with Gasteiger partial charge >= 0.3 is 5.97 Å². The molecule has 0 radical (unpaired) electrons. The van der Waals surface area contributed by atoms with Gasteiger partial charge in [-0.1, -0.05) is 23.4 Å². The predicted molar refractivity (Wildman–Crippen MR) is 67.8 cm³/mol. The largest absolute Gasteiger partial charge is 0.465 e. The van der Waals surface area contributed by atoms with E-state index in [1.165, 1.54) is 19.2 Å². The molecular formula is C12H13ClN2O2. The van der Waals surface area contributed by atoms with Gasteiger partial charge in [-0.05, 0) is 12.1 Å². The molecule has 0 heterocycles. The minimum Gasteiger partial charge on any atom is -0.465 e. The topological polar surface area (TPSA) is 78.3 Å². The quantitative estimate of drug-likeness (QED) is 0.474. The van der Waals surface area contributed by atoms with Crippen LogP contribution in [0.3, 0.4) is 0 Å². The van der Waals surface area contributed by atoms with Gasteiger partial charge in [-0.15, -0.1) is 0 Å². The van der Waals surface area contributed by atoms with Crippen molar-refractivity contribution < 1.29 is 9.53 Å². The summed E-state index contributed by atoms with van der Waals surface area (Å²) in [6.07, 6.45) is 0.564. The zero-order valence-electron chi connectivity index (χ0n) is 9.42. The lowest BCUT2D eigenvalue weighted by molar-refractivity contribution is 0.0602. The fourth-order valence-electron chi connectivity index (χ4n) is 1.20. The first-order valence-corrected chi connectivity index (χ1v) is 5.34. The maximum atomic E-state index is 11.4. The van der Waals surface area contributed by atoms with Gasteiger partial charge in [0, 0.05) is 24.2 Å². The molecule has 0 bridgehead atoms. The number of methoxy groups -OCH3 is 1. The van der Waals surface area contributed by atoms with E-state index in [-0.39, 0.29) is 11.3 Å². The summed E-state index contributed by atoms with van der Waals surface area (Å²) >= 11 is 5.96. The van der Waals surface area contributed by atoms with Crippen molar-refractivity contribution in [3.8, 4) is 11.8 Å². The third-order valence-electron chi connectivity index (χ3n) is 2.04.